The highest BCUT2D eigenvalue weighted by Crippen LogP contribution is 2.32. The van der Waals surface area contributed by atoms with Crippen molar-refractivity contribution >= 4 is 5.78 Å². The number of carbonyl (C=O) groups excluding carboxylic acids is 1. The van der Waals surface area contributed by atoms with Crippen LogP contribution in [0.5, 0.6) is 0 Å². The summed E-state index contributed by atoms with van der Waals surface area (Å²) in [5.74, 6) is 0.996. The molecule has 2 fully saturated rings. The Morgan fingerprint density at radius 1 is 0.947 bits per heavy atom. The van der Waals surface area contributed by atoms with Gasteiger partial charge in [-0.05, 0) is 43.7 Å². The van der Waals surface area contributed by atoms with Crippen LogP contribution < -0.4 is 5.32 Å². The maximum Gasteiger partial charge on any atom is 0.179 e. The van der Waals surface area contributed by atoms with Gasteiger partial charge in [-0.1, -0.05) is 43.5 Å². The molecular weight excluding hydrogens is 234 g/mol. The molecule has 19 heavy (non-hydrogen) atoms. The summed E-state index contributed by atoms with van der Waals surface area (Å²) in [5, 5.41) is 3.28. The van der Waals surface area contributed by atoms with Gasteiger partial charge in [-0.3, -0.25) is 4.79 Å². The fourth-order valence-electron chi connectivity index (χ4n) is 3.46. The van der Waals surface area contributed by atoms with Crippen LogP contribution in [0.2, 0.25) is 0 Å². The van der Waals surface area contributed by atoms with E-state index in [1.165, 1.54) is 37.7 Å². The highest BCUT2D eigenvalue weighted by molar-refractivity contribution is 6.00. The van der Waals surface area contributed by atoms with E-state index in [0.29, 0.717) is 0 Å². The lowest BCUT2D eigenvalue weighted by Crippen LogP contribution is -2.30. The summed E-state index contributed by atoms with van der Waals surface area (Å²) < 4.78 is 0. The Kier molecular flexibility index (Phi) is 3.97. The number of rotatable bonds is 3. The zero-order valence-electron chi connectivity index (χ0n) is 11.5. The summed E-state index contributed by atoms with van der Waals surface area (Å²) in [7, 11) is 0. The molecule has 0 bridgehead atoms. The molecule has 3 rings (SSSR count). The van der Waals surface area contributed by atoms with Crippen LogP contribution in [0.3, 0.4) is 0 Å². The van der Waals surface area contributed by atoms with Crippen molar-refractivity contribution in [2.45, 2.75) is 56.9 Å². The second kappa shape index (κ2) is 5.87. The zero-order chi connectivity index (χ0) is 13.1. The van der Waals surface area contributed by atoms with Crippen molar-refractivity contribution in [1.82, 2.24) is 5.32 Å². The Morgan fingerprint density at radius 2 is 1.68 bits per heavy atom. The van der Waals surface area contributed by atoms with Crippen LogP contribution in [0.4, 0.5) is 0 Å². The van der Waals surface area contributed by atoms with Crippen molar-refractivity contribution in [1.29, 1.82) is 0 Å². The molecule has 0 spiro atoms. The van der Waals surface area contributed by atoms with Crippen molar-refractivity contribution in [2.75, 3.05) is 6.54 Å². The molecule has 1 saturated carbocycles. The number of carbonyl (C=O) groups is 1. The number of Topliss-reactive ketones (excluding diaryl/α,β-unsaturated/α-hetero) is 1. The van der Waals surface area contributed by atoms with Gasteiger partial charge in [0.1, 0.15) is 0 Å². The van der Waals surface area contributed by atoms with E-state index in [2.05, 4.69) is 17.4 Å². The first-order valence-corrected chi connectivity index (χ1v) is 7.72. The van der Waals surface area contributed by atoms with Gasteiger partial charge in [-0.15, -0.1) is 0 Å². The predicted molar refractivity (Wildman–Crippen MR) is 77.6 cm³/mol. The van der Waals surface area contributed by atoms with Crippen molar-refractivity contribution in [3.63, 3.8) is 0 Å². The van der Waals surface area contributed by atoms with Gasteiger partial charge in [-0.25, -0.2) is 0 Å². The monoisotopic (exact) mass is 257 g/mol. The molecule has 1 aliphatic heterocycles. The Hall–Kier alpha value is -1.15. The van der Waals surface area contributed by atoms with Gasteiger partial charge >= 0.3 is 0 Å². The molecule has 1 heterocycles. The summed E-state index contributed by atoms with van der Waals surface area (Å²) in [6.45, 7) is 0.983. The number of nitrogens with one attached hydrogen (secondary N) is 1. The van der Waals surface area contributed by atoms with E-state index in [9.17, 15) is 4.79 Å². The van der Waals surface area contributed by atoms with Crippen LogP contribution in [-0.2, 0) is 0 Å². The minimum Gasteiger partial charge on any atom is -0.307 e. The smallest absolute Gasteiger partial charge is 0.179 e. The first kappa shape index (κ1) is 12.9. The highest BCUT2D eigenvalue weighted by atomic mass is 16.1. The van der Waals surface area contributed by atoms with Crippen LogP contribution in [0.25, 0.3) is 0 Å². The third-order valence-corrected chi connectivity index (χ3v) is 4.65. The predicted octanol–water partition coefficient (Wildman–Crippen LogP) is 3.67. The van der Waals surface area contributed by atoms with Crippen LogP contribution in [0, 0.1) is 0 Å². The number of benzene rings is 1. The Balaban J connectivity index is 1.69. The van der Waals surface area contributed by atoms with E-state index >= 15 is 0 Å². The van der Waals surface area contributed by atoms with E-state index in [4.69, 9.17) is 0 Å². The summed E-state index contributed by atoms with van der Waals surface area (Å²) in [6, 6.07) is 8.48. The number of hydrogen-bond acceptors (Lipinski definition) is 2. The van der Waals surface area contributed by atoms with E-state index in [0.717, 1.165) is 30.9 Å². The number of hydrogen-bond donors (Lipinski definition) is 1. The topological polar surface area (TPSA) is 29.1 Å². The molecule has 1 unspecified atom stereocenters. The molecule has 1 N–H and O–H groups in total. The van der Waals surface area contributed by atoms with Gasteiger partial charge in [0, 0.05) is 5.56 Å². The fourth-order valence-corrected chi connectivity index (χ4v) is 3.46. The van der Waals surface area contributed by atoms with Gasteiger partial charge in [0.15, 0.2) is 5.78 Å². The average molecular weight is 257 g/mol. The van der Waals surface area contributed by atoms with Gasteiger partial charge in [0.2, 0.25) is 0 Å². The quantitative estimate of drug-likeness (QED) is 0.837. The lowest BCUT2D eigenvalue weighted by atomic mass is 9.83. The molecule has 1 aromatic rings. The molecule has 0 radical (unpaired) electrons. The molecule has 1 saturated heterocycles. The molecule has 1 aliphatic carbocycles. The van der Waals surface area contributed by atoms with Crippen LogP contribution in [0.15, 0.2) is 24.3 Å². The summed E-state index contributed by atoms with van der Waals surface area (Å²) in [5.41, 5.74) is 2.30. The Bertz CT molecular complexity index is 425. The molecule has 102 valence electrons. The molecule has 1 aromatic carbocycles. The van der Waals surface area contributed by atoms with E-state index in [1.807, 2.05) is 12.1 Å². The number of ketones is 1. The largest absolute Gasteiger partial charge is 0.307 e. The molecule has 1 atom stereocenters. The summed E-state index contributed by atoms with van der Waals surface area (Å²) in [4.78, 5) is 12.3. The SMILES string of the molecule is O=C(c1ccc(C2CCCCC2)cc1)C1CCCN1. The van der Waals surface area contributed by atoms with Crippen molar-refractivity contribution in [2.24, 2.45) is 0 Å². The van der Waals surface area contributed by atoms with Gasteiger partial charge in [0.05, 0.1) is 6.04 Å². The van der Waals surface area contributed by atoms with Gasteiger partial charge in [0.25, 0.3) is 0 Å². The normalized spacial score (nSPS) is 24.5. The third-order valence-electron chi connectivity index (χ3n) is 4.65. The van der Waals surface area contributed by atoms with Crippen LogP contribution >= 0.6 is 0 Å². The standard InChI is InChI=1S/C17H23NO/c19-17(16-7-4-12-18-16)15-10-8-14(9-11-15)13-5-2-1-3-6-13/h8-11,13,16,18H,1-7,12H2. The Labute approximate surface area is 115 Å². The second-order valence-electron chi connectivity index (χ2n) is 5.97. The van der Waals surface area contributed by atoms with E-state index < -0.39 is 0 Å². The molecule has 0 amide bonds. The van der Waals surface area contributed by atoms with Gasteiger partial charge < -0.3 is 5.32 Å². The fraction of sp³-hybridized carbons (Fsp3) is 0.588. The third kappa shape index (κ3) is 2.89. The maximum absolute atomic E-state index is 12.3. The molecular formula is C17H23NO. The average Bonchev–Trinajstić information content (AvgIpc) is 3.02. The lowest BCUT2D eigenvalue weighted by Gasteiger charge is -2.22. The zero-order valence-corrected chi connectivity index (χ0v) is 11.5. The highest BCUT2D eigenvalue weighted by Gasteiger charge is 2.23. The summed E-state index contributed by atoms with van der Waals surface area (Å²) >= 11 is 0. The second-order valence-corrected chi connectivity index (χ2v) is 5.97. The van der Waals surface area contributed by atoms with Crippen LogP contribution in [0.1, 0.15) is 66.8 Å². The molecule has 2 nitrogen and oxygen atoms in total. The molecule has 2 heteroatoms. The first-order valence-electron chi connectivity index (χ1n) is 7.72. The summed E-state index contributed by atoms with van der Waals surface area (Å²) in [6.07, 6.45) is 8.85. The van der Waals surface area contributed by atoms with Crippen molar-refractivity contribution < 1.29 is 4.79 Å². The first-order chi connectivity index (χ1) is 9.34. The van der Waals surface area contributed by atoms with E-state index in [1.54, 1.807) is 0 Å². The molecule has 2 aliphatic rings. The van der Waals surface area contributed by atoms with E-state index in [-0.39, 0.29) is 11.8 Å². The maximum atomic E-state index is 12.3. The minimum absolute atomic E-state index is 0.0560. The van der Waals surface area contributed by atoms with Gasteiger partial charge in [-0.2, -0.15) is 0 Å². The van der Waals surface area contributed by atoms with Crippen LogP contribution in [-0.4, -0.2) is 18.4 Å². The minimum atomic E-state index is 0.0560. The van der Waals surface area contributed by atoms with Crippen molar-refractivity contribution in [3.8, 4) is 0 Å². The van der Waals surface area contributed by atoms with Crippen molar-refractivity contribution in [3.05, 3.63) is 35.4 Å². The Morgan fingerprint density at radius 3 is 2.32 bits per heavy atom. The molecule has 0 aromatic heterocycles. The lowest BCUT2D eigenvalue weighted by molar-refractivity contribution is 0.0952.